The van der Waals surface area contributed by atoms with Gasteiger partial charge in [0.15, 0.2) is 6.61 Å². The number of benzene rings is 1. The summed E-state index contributed by atoms with van der Waals surface area (Å²) >= 11 is 0. The number of aromatic amines is 1. The number of aryl methyl sites for hydroxylation is 1. The molecule has 1 heterocycles. The first-order valence-corrected chi connectivity index (χ1v) is 8.84. The van der Waals surface area contributed by atoms with Crippen LogP contribution in [0.25, 0.3) is 0 Å². The first kappa shape index (κ1) is 21.8. The second-order valence-corrected chi connectivity index (χ2v) is 6.05. The molecule has 9 nitrogen and oxygen atoms in total. The van der Waals surface area contributed by atoms with Crippen LogP contribution in [0.2, 0.25) is 0 Å². The molecule has 0 saturated carbocycles. The van der Waals surface area contributed by atoms with Crippen LogP contribution < -0.4 is 14.8 Å². The van der Waals surface area contributed by atoms with Gasteiger partial charge in [0.05, 0.1) is 26.9 Å². The fourth-order valence-electron chi connectivity index (χ4n) is 2.79. The summed E-state index contributed by atoms with van der Waals surface area (Å²) in [4.78, 5) is 39.4. The normalized spacial score (nSPS) is 10.2. The molecule has 2 rings (SSSR count). The molecule has 0 spiro atoms. The Hall–Kier alpha value is -3.49. The van der Waals surface area contributed by atoms with Crippen LogP contribution in [0.3, 0.4) is 0 Å². The lowest BCUT2D eigenvalue weighted by Gasteiger charge is -2.10. The summed E-state index contributed by atoms with van der Waals surface area (Å²) in [5.41, 5.74) is 1.82. The highest BCUT2D eigenvalue weighted by Gasteiger charge is 2.24. The Labute approximate surface area is 168 Å². The van der Waals surface area contributed by atoms with Gasteiger partial charge in [-0.25, -0.2) is 9.59 Å². The standard InChI is InChI=1S/C20H24N2O7/c1-6-15-17(19(24)28-5)11(2)18(22-15)20(25)29-10-16(23)21-12-7-13(26-3)9-14(8-12)27-4/h7-9,22H,6,10H2,1-5H3,(H,21,23). The summed E-state index contributed by atoms with van der Waals surface area (Å²) in [6.07, 6.45) is 0.497. The molecule has 0 aliphatic heterocycles. The quantitative estimate of drug-likeness (QED) is 0.649. The van der Waals surface area contributed by atoms with Gasteiger partial charge in [-0.05, 0) is 18.9 Å². The van der Waals surface area contributed by atoms with Crippen molar-refractivity contribution in [2.75, 3.05) is 33.3 Å². The second kappa shape index (κ2) is 9.63. The first-order chi connectivity index (χ1) is 13.8. The van der Waals surface area contributed by atoms with E-state index in [0.29, 0.717) is 40.4 Å². The lowest BCUT2D eigenvalue weighted by atomic mass is 10.1. The zero-order chi connectivity index (χ0) is 21.6. The molecule has 0 unspecified atom stereocenters. The van der Waals surface area contributed by atoms with Crippen LogP contribution >= 0.6 is 0 Å². The van der Waals surface area contributed by atoms with Gasteiger partial charge in [0, 0.05) is 29.6 Å². The van der Waals surface area contributed by atoms with E-state index < -0.39 is 24.5 Å². The van der Waals surface area contributed by atoms with Crippen LogP contribution in [0.1, 0.15) is 39.0 Å². The predicted molar refractivity (Wildman–Crippen MR) is 105 cm³/mol. The van der Waals surface area contributed by atoms with Crippen LogP contribution in [0.4, 0.5) is 5.69 Å². The van der Waals surface area contributed by atoms with E-state index in [4.69, 9.17) is 18.9 Å². The fraction of sp³-hybridized carbons (Fsp3) is 0.350. The van der Waals surface area contributed by atoms with E-state index in [2.05, 4.69) is 10.3 Å². The van der Waals surface area contributed by atoms with Crippen molar-refractivity contribution in [3.8, 4) is 11.5 Å². The Morgan fingerprint density at radius 3 is 2.14 bits per heavy atom. The number of nitrogens with one attached hydrogen (secondary N) is 2. The van der Waals surface area contributed by atoms with E-state index in [1.165, 1.54) is 21.3 Å². The highest BCUT2D eigenvalue weighted by atomic mass is 16.5. The van der Waals surface area contributed by atoms with Crippen molar-refractivity contribution in [3.05, 3.63) is 40.7 Å². The zero-order valence-corrected chi connectivity index (χ0v) is 17.0. The number of hydrogen-bond acceptors (Lipinski definition) is 7. The van der Waals surface area contributed by atoms with Crippen molar-refractivity contribution < 1.29 is 33.3 Å². The summed E-state index contributed by atoms with van der Waals surface area (Å²) < 4.78 is 20.1. The minimum atomic E-state index is -0.745. The maximum absolute atomic E-state index is 12.4. The molecule has 156 valence electrons. The molecule has 2 N–H and O–H groups in total. The number of anilines is 1. The molecule has 0 fully saturated rings. The number of methoxy groups -OCH3 is 3. The number of carbonyl (C=O) groups excluding carboxylic acids is 3. The number of ether oxygens (including phenoxy) is 4. The summed E-state index contributed by atoms with van der Waals surface area (Å²) in [6, 6.07) is 4.87. The van der Waals surface area contributed by atoms with Crippen molar-refractivity contribution in [1.29, 1.82) is 0 Å². The Bertz CT molecular complexity index is 896. The minimum absolute atomic E-state index is 0.109. The highest BCUT2D eigenvalue weighted by molar-refractivity contribution is 6.00. The Kier molecular flexibility index (Phi) is 7.24. The summed E-state index contributed by atoms with van der Waals surface area (Å²) in [6.45, 7) is 2.94. The minimum Gasteiger partial charge on any atom is -0.497 e. The third-order valence-electron chi connectivity index (χ3n) is 4.24. The van der Waals surface area contributed by atoms with E-state index in [1.54, 1.807) is 25.1 Å². The molecule has 0 radical (unpaired) electrons. The number of aromatic nitrogens is 1. The third kappa shape index (κ3) is 5.07. The van der Waals surface area contributed by atoms with Crippen molar-refractivity contribution in [2.45, 2.75) is 20.3 Å². The maximum Gasteiger partial charge on any atom is 0.355 e. The smallest absolute Gasteiger partial charge is 0.355 e. The van der Waals surface area contributed by atoms with Crippen molar-refractivity contribution in [3.63, 3.8) is 0 Å². The molecule has 2 aromatic rings. The van der Waals surface area contributed by atoms with Crippen LogP contribution in [0, 0.1) is 6.92 Å². The van der Waals surface area contributed by atoms with Gasteiger partial charge in [-0.1, -0.05) is 6.92 Å². The molecule has 1 amide bonds. The van der Waals surface area contributed by atoms with Crippen molar-refractivity contribution in [2.24, 2.45) is 0 Å². The number of H-pyrrole nitrogens is 1. The fourth-order valence-corrected chi connectivity index (χ4v) is 2.79. The summed E-state index contributed by atoms with van der Waals surface area (Å²) in [5, 5.41) is 2.61. The zero-order valence-electron chi connectivity index (χ0n) is 17.0. The molecule has 0 bridgehead atoms. The molecular formula is C20H24N2O7. The van der Waals surface area contributed by atoms with E-state index in [9.17, 15) is 14.4 Å². The molecule has 0 aliphatic carbocycles. The van der Waals surface area contributed by atoms with Gasteiger partial charge in [0.1, 0.15) is 17.2 Å². The van der Waals surface area contributed by atoms with Crippen molar-refractivity contribution >= 4 is 23.5 Å². The SMILES string of the molecule is CCc1[nH]c(C(=O)OCC(=O)Nc2cc(OC)cc(OC)c2)c(C)c1C(=O)OC. The van der Waals surface area contributed by atoms with E-state index >= 15 is 0 Å². The molecule has 1 aromatic carbocycles. The first-order valence-electron chi connectivity index (χ1n) is 8.84. The third-order valence-corrected chi connectivity index (χ3v) is 4.24. The van der Waals surface area contributed by atoms with E-state index in [0.717, 1.165) is 0 Å². The molecule has 0 saturated heterocycles. The summed E-state index contributed by atoms with van der Waals surface area (Å²) in [7, 11) is 4.26. The Morgan fingerprint density at radius 1 is 1.00 bits per heavy atom. The van der Waals surface area contributed by atoms with Gasteiger partial charge < -0.3 is 29.2 Å². The highest BCUT2D eigenvalue weighted by Crippen LogP contribution is 2.26. The monoisotopic (exact) mass is 404 g/mol. The van der Waals surface area contributed by atoms with E-state index in [1.807, 2.05) is 6.92 Å². The van der Waals surface area contributed by atoms with Crippen LogP contribution in [-0.2, 0) is 20.7 Å². The van der Waals surface area contributed by atoms with Crippen LogP contribution in [0.5, 0.6) is 11.5 Å². The van der Waals surface area contributed by atoms with Gasteiger partial charge in [-0.3, -0.25) is 4.79 Å². The van der Waals surface area contributed by atoms with Crippen molar-refractivity contribution in [1.82, 2.24) is 4.98 Å². The Morgan fingerprint density at radius 2 is 1.62 bits per heavy atom. The molecule has 0 aliphatic rings. The van der Waals surface area contributed by atoms with Gasteiger partial charge in [0.2, 0.25) is 0 Å². The molecule has 9 heteroatoms. The average Bonchev–Trinajstić information content (AvgIpc) is 3.07. The van der Waals surface area contributed by atoms with Crippen LogP contribution in [0.15, 0.2) is 18.2 Å². The van der Waals surface area contributed by atoms with E-state index in [-0.39, 0.29) is 5.69 Å². The summed E-state index contributed by atoms with van der Waals surface area (Å²) in [5.74, 6) is -0.825. The molecule has 29 heavy (non-hydrogen) atoms. The lowest BCUT2D eigenvalue weighted by Crippen LogP contribution is -2.21. The van der Waals surface area contributed by atoms with Gasteiger partial charge in [-0.15, -0.1) is 0 Å². The lowest BCUT2D eigenvalue weighted by molar-refractivity contribution is -0.119. The predicted octanol–water partition coefficient (Wildman–Crippen LogP) is 2.48. The second-order valence-electron chi connectivity index (χ2n) is 6.05. The number of carbonyl (C=O) groups is 3. The van der Waals surface area contributed by atoms with Crippen LogP contribution in [-0.4, -0.2) is 50.8 Å². The molecular weight excluding hydrogens is 380 g/mol. The number of amides is 1. The maximum atomic E-state index is 12.4. The Balaban J connectivity index is 2.07. The topological polar surface area (TPSA) is 116 Å². The van der Waals surface area contributed by atoms with Gasteiger partial charge >= 0.3 is 11.9 Å². The molecule has 0 atom stereocenters. The van der Waals surface area contributed by atoms with Gasteiger partial charge in [-0.2, -0.15) is 0 Å². The number of esters is 2. The molecule has 1 aromatic heterocycles. The average molecular weight is 404 g/mol. The number of hydrogen-bond donors (Lipinski definition) is 2. The largest absolute Gasteiger partial charge is 0.497 e. The van der Waals surface area contributed by atoms with Gasteiger partial charge in [0.25, 0.3) is 5.91 Å². The number of rotatable bonds is 8.